The van der Waals surface area contributed by atoms with Crippen LogP contribution in [0, 0.1) is 23.2 Å². The standard InChI is InChI=1S/C39H39O4P/c40-37(42-27-29-13-5-1-6-14-29)36(38(41)43-28-39-24-30-21-31(25-39)23-32(22-30)26-39)44(33-15-7-2-8-16-33,34-17-9-3-10-18-34)35-19-11-4-12-20-35/h1-20,30-32H,21-28H2. The van der Waals surface area contributed by atoms with Crippen molar-refractivity contribution in [1.82, 2.24) is 0 Å². The zero-order valence-corrected chi connectivity index (χ0v) is 25.9. The van der Waals surface area contributed by atoms with Gasteiger partial charge in [0.2, 0.25) is 0 Å². The van der Waals surface area contributed by atoms with Crippen molar-refractivity contribution in [2.24, 2.45) is 23.2 Å². The van der Waals surface area contributed by atoms with Crippen molar-refractivity contribution in [2.45, 2.75) is 45.1 Å². The molecule has 0 unspecified atom stereocenters. The highest BCUT2D eigenvalue weighted by molar-refractivity contribution is 7.97. The molecule has 44 heavy (non-hydrogen) atoms. The average Bonchev–Trinajstić information content (AvgIpc) is 3.06. The summed E-state index contributed by atoms with van der Waals surface area (Å²) in [6, 6.07) is 39.6. The summed E-state index contributed by atoms with van der Waals surface area (Å²) in [4.78, 5) is 29.2. The van der Waals surface area contributed by atoms with E-state index in [2.05, 4.69) is 0 Å². The van der Waals surface area contributed by atoms with Gasteiger partial charge in [0.15, 0.2) is 5.29 Å². The summed E-state index contributed by atoms with van der Waals surface area (Å²) >= 11 is 0. The van der Waals surface area contributed by atoms with E-state index in [1.807, 2.05) is 121 Å². The monoisotopic (exact) mass is 602 g/mol. The smallest absolute Gasteiger partial charge is 0.346 e. The lowest BCUT2D eigenvalue weighted by atomic mass is 9.50. The minimum absolute atomic E-state index is 0.0246. The van der Waals surface area contributed by atoms with Crippen molar-refractivity contribution in [3.05, 3.63) is 127 Å². The van der Waals surface area contributed by atoms with Crippen LogP contribution in [0.4, 0.5) is 0 Å². The Morgan fingerprint density at radius 2 is 0.955 bits per heavy atom. The lowest BCUT2D eigenvalue weighted by Crippen LogP contribution is -2.49. The number of carbonyl (C=O) groups excluding carboxylic acids is 2. The fourth-order valence-electron chi connectivity index (χ4n) is 8.69. The number of benzene rings is 4. The van der Waals surface area contributed by atoms with Gasteiger partial charge in [0.1, 0.15) is 6.61 Å². The largest absolute Gasteiger partial charge is 0.461 e. The molecule has 8 rings (SSSR count). The Balaban J connectivity index is 1.39. The Bertz CT molecular complexity index is 1530. The van der Waals surface area contributed by atoms with E-state index in [1.54, 1.807) is 0 Å². The number of hydrogen-bond donors (Lipinski definition) is 0. The molecule has 0 saturated heterocycles. The lowest BCUT2D eigenvalue weighted by Gasteiger charge is -2.56. The van der Waals surface area contributed by atoms with Crippen LogP contribution >= 0.6 is 6.89 Å². The zero-order valence-electron chi connectivity index (χ0n) is 25.0. The molecular weight excluding hydrogens is 563 g/mol. The molecule has 4 nitrogen and oxygen atoms in total. The maximum atomic E-state index is 14.7. The number of esters is 2. The van der Waals surface area contributed by atoms with Crippen LogP contribution in [0.25, 0.3) is 0 Å². The van der Waals surface area contributed by atoms with E-state index in [0.29, 0.717) is 6.61 Å². The Kier molecular flexibility index (Phi) is 8.04. The first kappa shape index (κ1) is 28.9. The van der Waals surface area contributed by atoms with Crippen LogP contribution in [-0.2, 0) is 25.7 Å². The van der Waals surface area contributed by atoms with Crippen LogP contribution in [0.15, 0.2) is 121 Å². The van der Waals surface area contributed by atoms with Crippen LogP contribution in [0.1, 0.15) is 44.1 Å². The van der Waals surface area contributed by atoms with Crippen LogP contribution < -0.4 is 15.9 Å². The van der Waals surface area contributed by atoms with E-state index < -0.39 is 18.8 Å². The van der Waals surface area contributed by atoms with Gasteiger partial charge < -0.3 is 9.47 Å². The molecule has 0 aromatic heterocycles. The van der Waals surface area contributed by atoms with E-state index in [9.17, 15) is 9.59 Å². The minimum Gasteiger partial charge on any atom is -0.461 e. The molecule has 4 saturated carbocycles. The predicted molar refractivity (Wildman–Crippen MR) is 178 cm³/mol. The second-order valence-corrected chi connectivity index (χ2v) is 16.4. The van der Waals surface area contributed by atoms with Crippen molar-refractivity contribution in [2.75, 3.05) is 6.61 Å². The van der Waals surface area contributed by atoms with Crippen LogP contribution in [0.3, 0.4) is 0 Å². The average molecular weight is 603 g/mol. The topological polar surface area (TPSA) is 52.6 Å². The Morgan fingerprint density at radius 1 is 0.568 bits per heavy atom. The first-order valence-electron chi connectivity index (χ1n) is 15.9. The van der Waals surface area contributed by atoms with Gasteiger partial charge in [0.05, 0.1) is 6.61 Å². The maximum Gasteiger partial charge on any atom is 0.346 e. The Morgan fingerprint density at radius 3 is 1.39 bits per heavy atom. The van der Waals surface area contributed by atoms with Gasteiger partial charge >= 0.3 is 11.9 Å². The molecule has 4 fully saturated rings. The summed E-state index contributed by atoms with van der Waals surface area (Å²) in [6.45, 7) is -2.59. The highest BCUT2D eigenvalue weighted by Gasteiger charge is 2.52. The number of ether oxygens (including phenoxy) is 2. The summed E-state index contributed by atoms with van der Waals surface area (Å²) in [5.41, 5.74) is 0.891. The van der Waals surface area contributed by atoms with E-state index in [1.165, 1.54) is 19.3 Å². The SMILES string of the molecule is O=C(OCc1ccccc1)C(C(=O)OCC12CC3CC(CC(C3)C1)C2)=P(c1ccccc1)(c1ccccc1)c1ccccc1. The molecule has 4 aliphatic rings. The quantitative estimate of drug-likeness (QED) is 0.122. The van der Waals surface area contributed by atoms with Crippen LogP contribution in [-0.4, -0.2) is 23.8 Å². The van der Waals surface area contributed by atoms with E-state index >= 15 is 0 Å². The molecule has 4 bridgehead atoms. The summed E-state index contributed by atoms with van der Waals surface area (Å²) in [7, 11) is 0. The van der Waals surface area contributed by atoms with Gasteiger partial charge in [0.25, 0.3) is 0 Å². The van der Waals surface area contributed by atoms with E-state index in [0.717, 1.165) is 58.5 Å². The van der Waals surface area contributed by atoms with E-state index in [4.69, 9.17) is 9.47 Å². The molecule has 224 valence electrons. The molecule has 0 atom stereocenters. The van der Waals surface area contributed by atoms with Crippen molar-refractivity contribution in [3.8, 4) is 0 Å². The van der Waals surface area contributed by atoms with Gasteiger partial charge in [-0.25, -0.2) is 9.59 Å². The normalized spacial score (nSPS) is 23.6. The maximum absolute atomic E-state index is 14.7. The van der Waals surface area contributed by atoms with Crippen molar-refractivity contribution in [3.63, 3.8) is 0 Å². The van der Waals surface area contributed by atoms with Gasteiger partial charge in [-0.15, -0.1) is 0 Å². The van der Waals surface area contributed by atoms with Crippen molar-refractivity contribution in [1.29, 1.82) is 0 Å². The van der Waals surface area contributed by atoms with Gasteiger partial charge in [0, 0.05) is 5.41 Å². The second kappa shape index (κ2) is 12.3. The summed E-state index contributed by atoms with van der Waals surface area (Å²) in [5.74, 6) is 1.05. The number of hydrogen-bond acceptors (Lipinski definition) is 4. The molecule has 0 amide bonds. The fourth-order valence-corrected chi connectivity index (χ4v) is 12.9. The molecule has 0 aliphatic heterocycles. The molecule has 4 aromatic rings. The predicted octanol–water partition coefficient (Wildman–Crippen LogP) is 6.66. The third-order valence-corrected chi connectivity index (χ3v) is 14.3. The number of carbonyl (C=O) groups is 2. The van der Waals surface area contributed by atoms with Crippen LogP contribution in [0.5, 0.6) is 0 Å². The highest BCUT2D eigenvalue weighted by atomic mass is 31.2. The van der Waals surface area contributed by atoms with Gasteiger partial charge in [-0.05, 0) is 84.6 Å². The number of rotatable bonds is 9. The fraction of sp³-hybridized carbons (Fsp3) is 0.308. The second-order valence-electron chi connectivity index (χ2n) is 13.1. The Hall–Kier alpha value is -3.88. The molecule has 0 radical (unpaired) electrons. The summed E-state index contributed by atoms with van der Waals surface area (Å²) in [6.07, 6.45) is 7.33. The molecular formula is C39H39O4P. The summed E-state index contributed by atoms with van der Waals surface area (Å²) in [5, 5.41) is 2.84. The Labute approximate surface area is 260 Å². The highest BCUT2D eigenvalue weighted by Crippen LogP contribution is 2.60. The van der Waals surface area contributed by atoms with Gasteiger partial charge in [-0.3, -0.25) is 0 Å². The van der Waals surface area contributed by atoms with Gasteiger partial charge in [-0.2, -0.15) is 0 Å². The lowest BCUT2D eigenvalue weighted by molar-refractivity contribution is -0.149. The van der Waals surface area contributed by atoms with Gasteiger partial charge in [-0.1, -0.05) is 121 Å². The first-order chi connectivity index (χ1) is 21.6. The molecule has 4 aliphatic carbocycles. The van der Waals surface area contributed by atoms with Crippen molar-refractivity contribution < 1.29 is 19.1 Å². The molecule has 5 heteroatoms. The molecule has 0 spiro atoms. The van der Waals surface area contributed by atoms with Crippen molar-refractivity contribution >= 4 is 40.0 Å². The minimum atomic E-state index is -3.03. The molecule has 4 aromatic carbocycles. The van der Waals surface area contributed by atoms with Crippen LogP contribution in [0.2, 0.25) is 0 Å². The summed E-state index contributed by atoms with van der Waals surface area (Å²) < 4.78 is 12.4. The third kappa shape index (κ3) is 5.46. The third-order valence-electron chi connectivity index (χ3n) is 10.0. The molecule has 0 heterocycles. The first-order valence-corrected chi connectivity index (χ1v) is 17.7. The zero-order chi connectivity index (χ0) is 30.0. The van der Waals surface area contributed by atoms with E-state index in [-0.39, 0.29) is 17.3 Å². The molecule has 0 N–H and O–H groups in total.